The third-order valence-corrected chi connectivity index (χ3v) is 7.12. The molecule has 0 aromatic carbocycles. The summed E-state index contributed by atoms with van der Waals surface area (Å²) in [6.45, 7) is 1.88. The second-order valence-electron chi connectivity index (χ2n) is 7.20. The number of nitrogens with zero attached hydrogens (tertiary/aromatic N) is 4. The molecular formula is C17H28N4O3S. The maximum Gasteiger partial charge on any atom is 0.262 e. The Bertz CT molecular complexity index is 695. The number of aromatic nitrogens is 2. The summed E-state index contributed by atoms with van der Waals surface area (Å²) in [4.78, 5) is 18.3. The number of carbonyl (C=O) groups is 1. The summed E-state index contributed by atoms with van der Waals surface area (Å²) in [5.74, 6) is 0.876. The molecule has 1 amide bonds. The van der Waals surface area contributed by atoms with Gasteiger partial charge in [-0.15, -0.1) is 0 Å². The van der Waals surface area contributed by atoms with Gasteiger partial charge in [-0.3, -0.25) is 4.79 Å². The molecule has 0 bridgehead atoms. The van der Waals surface area contributed by atoms with Crippen LogP contribution >= 0.6 is 0 Å². The molecule has 1 saturated carbocycles. The molecule has 0 radical (unpaired) electrons. The van der Waals surface area contributed by atoms with Crippen LogP contribution in [-0.2, 0) is 21.9 Å². The van der Waals surface area contributed by atoms with Gasteiger partial charge in [-0.25, -0.2) is 13.4 Å². The summed E-state index contributed by atoms with van der Waals surface area (Å²) in [6.07, 6.45) is 10.3. The molecule has 1 aliphatic carbocycles. The molecule has 2 fully saturated rings. The van der Waals surface area contributed by atoms with E-state index >= 15 is 0 Å². The fourth-order valence-corrected chi connectivity index (χ4v) is 5.26. The molecule has 0 atom stereocenters. The van der Waals surface area contributed by atoms with Crippen LogP contribution in [0.25, 0.3) is 0 Å². The van der Waals surface area contributed by atoms with Crippen molar-refractivity contribution in [3.05, 3.63) is 12.5 Å². The van der Waals surface area contributed by atoms with E-state index in [2.05, 4.69) is 4.98 Å². The van der Waals surface area contributed by atoms with E-state index in [9.17, 15) is 13.2 Å². The minimum atomic E-state index is -3.58. The number of rotatable bonds is 5. The number of hydrogen-bond acceptors (Lipinski definition) is 4. The van der Waals surface area contributed by atoms with Gasteiger partial charge in [0.15, 0.2) is 5.03 Å². The summed E-state index contributed by atoms with van der Waals surface area (Å²) >= 11 is 0. The molecule has 140 valence electrons. The molecule has 2 aliphatic rings. The zero-order valence-corrected chi connectivity index (χ0v) is 15.7. The molecule has 0 spiro atoms. The van der Waals surface area contributed by atoms with Gasteiger partial charge in [0.05, 0.1) is 6.33 Å². The van der Waals surface area contributed by atoms with Gasteiger partial charge >= 0.3 is 0 Å². The minimum absolute atomic E-state index is 0.0796. The van der Waals surface area contributed by atoms with Crippen molar-refractivity contribution in [2.45, 2.75) is 50.0 Å². The smallest absolute Gasteiger partial charge is 0.262 e. The third kappa shape index (κ3) is 4.41. The van der Waals surface area contributed by atoms with Gasteiger partial charge in [-0.1, -0.05) is 25.7 Å². The molecule has 25 heavy (non-hydrogen) atoms. The van der Waals surface area contributed by atoms with E-state index in [0.717, 1.165) is 6.42 Å². The number of carbonyl (C=O) groups excluding carboxylic acids is 1. The highest BCUT2D eigenvalue weighted by Crippen LogP contribution is 2.28. The van der Waals surface area contributed by atoms with Crippen LogP contribution in [0.3, 0.4) is 0 Å². The minimum Gasteiger partial charge on any atom is -0.341 e. The van der Waals surface area contributed by atoms with Crippen LogP contribution in [-0.4, -0.2) is 59.3 Å². The summed E-state index contributed by atoms with van der Waals surface area (Å²) in [7, 11) is -1.83. The van der Waals surface area contributed by atoms with Crippen LogP contribution < -0.4 is 0 Å². The summed E-state index contributed by atoms with van der Waals surface area (Å²) < 4.78 is 28.4. The third-order valence-electron chi connectivity index (χ3n) is 5.33. The second kappa shape index (κ2) is 7.86. The number of hydrogen-bond donors (Lipinski definition) is 0. The van der Waals surface area contributed by atoms with Crippen LogP contribution in [0.15, 0.2) is 17.6 Å². The molecule has 1 aromatic rings. The summed E-state index contributed by atoms with van der Waals surface area (Å²) in [6, 6.07) is 0. The Morgan fingerprint density at radius 3 is 2.60 bits per heavy atom. The van der Waals surface area contributed by atoms with Crippen LogP contribution in [0.5, 0.6) is 0 Å². The fraction of sp³-hybridized carbons (Fsp3) is 0.765. The monoisotopic (exact) mass is 368 g/mol. The lowest BCUT2D eigenvalue weighted by Gasteiger charge is -2.22. The molecule has 1 aliphatic heterocycles. The largest absolute Gasteiger partial charge is 0.341 e. The van der Waals surface area contributed by atoms with Crippen molar-refractivity contribution in [3.8, 4) is 0 Å². The zero-order valence-electron chi connectivity index (χ0n) is 14.9. The maximum atomic E-state index is 12.7. The average Bonchev–Trinajstić information content (AvgIpc) is 3.19. The molecule has 1 saturated heterocycles. The predicted octanol–water partition coefficient (Wildman–Crippen LogP) is 1.61. The van der Waals surface area contributed by atoms with Crippen molar-refractivity contribution < 1.29 is 13.2 Å². The fourth-order valence-electron chi connectivity index (χ4n) is 3.82. The Kier molecular flexibility index (Phi) is 5.78. The highest BCUT2D eigenvalue weighted by Gasteiger charge is 2.30. The van der Waals surface area contributed by atoms with Gasteiger partial charge in [-0.2, -0.15) is 4.31 Å². The standard InChI is InChI=1S/C17H28N4O3S/c1-19-13-16(18-14-19)25(23,24)21-10-4-9-20(11-12-21)17(22)8-7-15-5-2-3-6-15/h13-15H,2-12H2,1H3. The molecule has 0 N–H and O–H groups in total. The Morgan fingerprint density at radius 2 is 1.92 bits per heavy atom. The Morgan fingerprint density at radius 1 is 1.16 bits per heavy atom. The lowest BCUT2D eigenvalue weighted by Crippen LogP contribution is -2.37. The Labute approximate surface area is 150 Å². The molecule has 0 unspecified atom stereocenters. The molecule has 2 heterocycles. The van der Waals surface area contributed by atoms with E-state index in [4.69, 9.17) is 0 Å². The first kappa shape index (κ1) is 18.4. The number of amides is 1. The van der Waals surface area contributed by atoms with E-state index in [-0.39, 0.29) is 10.9 Å². The van der Waals surface area contributed by atoms with Gasteiger partial charge in [-0.05, 0) is 18.8 Å². The van der Waals surface area contributed by atoms with Gasteiger partial charge in [0, 0.05) is 45.8 Å². The highest BCUT2D eigenvalue weighted by molar-refractivity contribution is 7.89. The topological polar surface area (TPSA) is 75.5 Å². The summed E-state index contributed by atoms with van der Waals surface area (Å²) in [5.41, 5.74) is 0. The summed E-state index contributed by atoms with van der Waals surface area (Å²) in [5, 5.41) is 0.0796. The Balaban J connectivity index is 1.55. The number of sulfonamides is 1. The van der Waals surface area contributed by atoms with Crippen LogP contribution in [0.1, 0.15) is 44.9 Å². The van der Waals surface area contributed by atoms with E-state index in [1.807, 2.05) is 4.90 Å². The lowest BCUT2D eigenvalue weighted by molar-refractivity contribution is -0.131. The zero-order chi connectivity index (χ0) is 17.9. The van der Waals surface area contributed by atoms with Crippen LogP contribution in [0.2, 0.25) is 0 Å². The first-order chi connectivity index (χ1) is 12.0. The van der Waals surface area contributed by atoms with E-state index in [1.165, 1.54) is 42.5 Å². The average molecular weight is 369 g/mol. The van der Waals surface area contributed by atoms with Crippen molar-refractivity contribution in [3.63, 3.8) is 0 Å². The van der Waals surface area contributed by atoms with Crippen molar-refractivity contribution in [1.29, 1.82) is 0 Å². The second-order valence-corrected chi connectivity index (χ2v) is 9.09. The van der Waals surface area contributed by atoms with Gasteiger partial charge in [0.1, 0.15) is 0 Å². The molecule has 8 heteroatoms. The molecule has 3 rings (SSSR count). The van der Waals surface area contributed by atoms with E-state index < -0.39 is 10.0 Å². The molecule has 1 aromatic heterocycles. The van der Waals surface area contributed by atoms with E-state index in [1.54, 1.807) is 11.6 Å². The highest BCUT2D eigenvalue weighted by atomic mass is 32.2. The van der Waals surface area contributed by atoms with Crippen molar-refractivity contribution in [1.82, 2.24) is 18.8 Å². The first-order valence-corrected chi connectivity index (χ1v) is 10.7. The SMILES string of the molecule is Cn1cnc(S(=O)(=O)N2CCCN(C(=O)CCC3CCCC3)CC2)c1. The van der Waals surface area contributed by atoms with Gasteiger partial charge in [0.25, 0.3) is 10.0 Å². The quantitative estimate of drug-likeness (QED) is 0.791. The normalized spacial score (nSPS) is 20.8. The van der Waals surface area contributed by atoms with Crippen molar-refractivity contribution in [2.24, 2.45) is 13.0 Å². The van der Waals surface area contributed by atoms with Crippen LogP contribution in [0.4, 0.5) is 0 Å². The van der Waals surface area contributed by atoms with Crippen molar-refractivity contribution >= 4 is 15.9 Å². The molecular weight excluding hydrogens is 340 g/mol. The van der Waals surface area contributed by atoms with Crippen LogP contribution in [0, 0.1) is 5.92 Å². The predicted molar refractivity (Wildman–Crippen MR) is 94.4 cm³/mol. The van der Waals surface area contributed by atoms with E-state index in [0.29, 0.717) is 44.9 Å². The first-order valence-electron chi connectivity index (χ1n) is 9.23. The van der Waals surface area contributed by atoms with Gasteiger partial charge < -0.3 is 9.47 Å². The molecule has 7 nitrogen and oxygen atoms in total. The Hall–Kier alpha value is -1.41. The number of aryl methyl sites for hydroxylation is 1. The number of imidazole rings is 1. The maximum absolute atomic E-state index is 12.7. The van der Waals surface area contributed by atoms with Gasteiger partial charge in [0.2, 0.25) is 5.91 Å². The van der Waals surface area contributed by atoms with Crippen molar-refractivity contribution in [2.75, 3.05) is 26.2 Å². The lowest BCUT2D eigenvalue weighted by atomic mass is 10.0.